The minimum atomic E-state index is -0.0233. The van der Waals surface area contributed by atoms with Crippen molar-refractivity contribution in [2.24, 2.45) is 0 Å². The summed E-state index contributed by atoms with van der Waals surface area (Å²) in [6.07, 6.45) is 4.00. The summed E-state index contributed by atoms with van der Waals surface area (Å²) >= 11 is 0. The molecule has 22 heavy (non-hydrogen) atoms. The molecule has 0 aliphatic carbocycles. The maximum atomic E-state index is 11.6. The number of unbranched alkanes of at least 4 members (excludes halogenated alkanes) is 1. The van der Waals surface area contributed by atoms with E-state index in [4.69, 9.17) is 5.26 Å². The number of nitrogens with one attached hydrogen (secondary N) is 2. The van der Waals surface area contributed by atoms with Gasteiger partial charge in [-0.1, -0.05) is 25.5 Å². The molecule has 5 heteroatoms. The fourth-order valence-corrected chi connectivity index (χ4v) is 1.93. The van der Waals surface area contributed by atoms with Crippen molar-refractivity contribution in [2.75, 3.05) is 10.6 Å². The number of amides is 1. The molecule has 0 aliphatic heterocycles. The van der Waals surface area contributed by atoms with Gasteiger partial charge in [0, 0.05) is 6.42 Å². The van der Waals surface area contributed by atoms with Crippen LogP contribution in [0.2, 0.25) is 0 Å². The molecule has 2 N–H and O–H groups in total. The third-order valence-electron chi connectivity index (χ3n) is 3.11. The zero-order chi connectivity index (χ0) is 15.8. The fraction of sp³-hybridized carbons (Fsp3) is 0.235. The van der Waals surface area contributed by atoms with Gasteiger partial charge in [-0.3, -0.25) is 4.79 Å². The number of carbonyl (C=O) groups is 1. The van der Waals surface area contributed by atoms with E-state index >= 15 is 0 Å². The first-order valence-corrected chi connectivity index (χ1v) is 7.25. The molecule has 0 bridgehead atoms. The lowest BCUT2D eigenvalue weighted by Crippen LogP contribution is -2.12. The average Bonchev–Trinajstić information content (AvgIpc) is 2.55. The van der Waals surface area contributed by atoms with Crippen molar-refractivity contribution >= 4 is 23.1 Å². The van der Waals surface area contributed by atoms with Crippen LogP contribution in [0.1, 0.15) is 31.7 Å². The molecule has 0 unspecified atom stereocenters. The zero-order valence-electron chi connectivity index (χ0n) is 12.5. The van der Waals surface area contributed by atoms with Gasteiger partial charge in [0.2, 0.25) is 5.91 Å². The Morgan fingerprint density at radius 3 is 2.77 bits per heavy atom. The third-order valence-corrected chi connectivity index (χ3v) is 3.11. The van der Waals surface area contributed by atoms with E-state index < -0.39 is 0 Å². The normalized spacial score (nSPS) is 9.82. The van der Waals surface area contributed by atoms with E-state index in [0.29, 0.717) is 17.8 Å². The summed E-state index contributed by atoms with van der Waals surface area (Å²) in [5.74, 6) is 0.505. The van der Waals surface area contributed by atoms with Crippen LogP contribution in [0.4, 0.5) is 17.2 Å². The van der Waals surface area contributed by atoms with Crippen molar-refractivity contribution < 1.29 is 4.79 Å². The lowest BCUT2D eigenvalue weighted by Gasteiger charge is -2.09. The monoisotopic (exact) mass is 294 g/mol. The number of para-hydroxylation sites is 1. The first kappa shape index (κ1) is 15.5. The standard InChI is InChI=1S/C17H18N4O/c1-2-3-8-17(22)21-16-10-9-14(12-19-16)20-15-7-5-4-6-13(15)11-18/h4-7,9-10,12,20H,2-3,8H2,1H3,(H,19,21,22). The molecule has 1 heterocycles. The number of nitrogens with zero attached hydrogens (tertiary/aromatic N) is 2. The second-order valence-corrected chi connectivity index (χ2v) is 4.87. The Bertz CT molecular complexity index is 674. The topological polar surface area (TPSA) is 77.8 Å². The second-order valence-electron chi connectivity index (χ2n) is 4.87. The number of rotatable bonds is 6. The van der Waals surface area contributed by atoms with E-state index in [1.807, 2.05) is 31.2 Å². The average molecular weight is 294 g/mol. The van der Waals surface area contributed by atoms with Gasteiger partial charge in [-0.15, -0.1) is 0 Å². The van der Waals surface area contributed by atoms with Gasteiger partial charge in [0.1, 0.15) is 11.9 Å². The molecule has 0 radical (unpaired) electrons. The molecule has 0 aliphatic rings. The highest BCUT2D eigenvalue weighted by molar-refractivity contribution is 5.89. The minimum absolute atomic E-state index is 0.0233. The van der Waals surface area contributed by atoms with Crippen LogP contribution in [-0.4, -0.2) is 10.9 Å². The Hall–Kier alpha value is -2.87. The molecule has 1 aromatic carbocycles. The van der Waals surface area contributed by atoms with E-state index in [-0.39, 0.29) is 5.91 Å². The van der Waals surface area contributed by atoms with Crippen molar-refractivity contribution in [1.82, 2.24) is 4.98 Å². The Balaban J connectivity index is 2.00. The van der Waals surface area contributed by atoms with Crippen LogP contribution >= 0.6 is 0 Å². The fourth-order valence-electron chi connectivity index (χ4n) is 1.93. The van der Waals surface area contributed by atoms with Crippen molar-refractivity contribution in [2.45, 2.75) is 26.2 Å². The molecule has 5 nitrogen and oxygen atoms in total. The minimum Gasteiger partial charge on any atom is -0.353 e. The summed E-state index contributed by atoms with van der Waals surface area (Å²) in [6.45, 7) is 2.05. The van der Waals surface area contributed by atoms with Gasteiger partial charge in [0.25, 0.3) is 0 Å². The molecule has 112 valence electrons. The summed E-state index contributed by atoms with van der Waals surface area (Å²) in [5.41, 5.74) is 2.06. The van der Waals surface area contributed by atoms with Crippen molar-refractivity contribution in [1.29, 1.82) is 5.26 Å². The number of nitriles is 1. The van der Waals surface area contributed by atoms with Crippen molar-refractivity contribution in [3.05, 3.63) is 48.2 Å². The number of hydrogen-bond acceptors (Lipinski definition) is 4. The van der Waals surface area contributed by atoms with E-state index in [9.17, 15) is 4.79 Å². The van der Waals surface area contributed by atoms with Crippen LogP contribution in [0.25, 0.3) is 0 Å². The molecule has 0 spiro atoms. The van der Waals surface area contributed by atoms with Crippen LogP contribution in [0.15, 0.2) is 42.6 Å². The van der Waals surface area contributed by atoms with Crippen LogP contribution in [-0.2, 0) is 4.79 Å². The van der Waals surface area contributed by atoms with E-state index in [2.05, 4.69) is 21.7 Å². The summed E-state index contributed by atoms with van der Waals surface area (Å²) < 4.78 is 0. The summed E-state index contributed by atoms with van der Waals surface area (Å²) in [5, 5.41) is 15.0. The molecule has 0 saturated carbocycles. The van der Waals surface area contributed by atoms with Gasteiger partial charge >= 0.3 is 0 Å². The van der Waals surface area contributed by atoms with Gasteiger partial charge in [-0.2, -0.15) is 5.26 Å². The number of benzene rings is 1. The number of pyridine rings is 1. The molecule has 1 amide bonds. The summed E-state index contributed by atoms with van der Waals surface area (Å²) in [7, 11) is 0. The molecule has 0 fully saturated rings. The molecule has 2 aromatic rings. The molecule has 0 saturated heterocycles. The number of anilines is 3. The second kappa shape index (κ2) is 7.79. The van der Waals surface area contributed by atoms with Crippen molar-refractivity contribution in [3.8, 4) is 6.07 Å². The maximum absolute atomic E-state index is 11.6. The summed E-state index contributed by atoms with van der Waals surface area (Å²) in [4.78, 5) is 15.8. The number of carbonyl (C=O) groups excluding carboxylic acids is 1. The lowest BCUT2D eigenvalue weighted by atomic mass is 10.2. The highest BCUT2D eigenvalue weighted by Gasteiger charge is 2.04. The zero-order valence-corrected chi connectivity index (χ0v) is 12.5. The first-order valence-electron chi connectivity index (χ1n) is 7.25. The van der Waals surface area contributed by atoms with E-state index in [1.54, 1.807) is 18.3 Å². The highest BCUT2D eigenvalue weighted by atomic mass is 16.1. The Kier molecular flexibility index (Phi) is 5.50. The molecule has 1 aromatic heterocycles. The molecule has 2 rings (SSSR count). The van der Waals surface area contributed by atoms with Crippen LogP contribution in [0, 0.1) is 11.3 Å². The quantitative estimate of drug-likeness (QED) is 0.848. The maximum Gasteiger partial charge on any atom is 0.225 e. The van der Waals surface area contributed by atoms with E-state index in [0.717, 1.165) is 24.2 Å². The smallest absolute Gasteiger partial charge is 0.225 e. The molecular formula is C17H18N4O. The van der Waals surface area contributed by atoms with Crippen LogP contribution in [0.5, 0.6) is 0 Å². The van der Waals surface area contributed by atoms with Gasteiger partial charge in [-0.25, -0.2) is 4.98 Å². The lowest BCUT2D eigenvalue weighted by molar-refractivity contribution is -0.116. The first-order chi connectivity index (χ1) is 10.7. The van der Waals surface area contributed by atoms with Crippen LogP contribution < -0.4 is 10.6 Å². The largest absolute Gasteiger partial charge is 0.353 e. The Morgan fingerprint density at radius 2 is 2.09 bits per heavy atom. The predicted octanol–water partition coefficient (Wildman–Crippen LogP) is 3.83. The van der Waals surface area contributed by atoms with E-state index in [1.165, 1.54) is 0 Å². The molecule has 0 atom stereocenters. The highest BCUT2D eigenvalue weighted by Crippen LogP contribution is 2.20. The van der Waals surface area contributed by atoms with Gasteiger partial charge in [-0.05, 0) is 30.7 Å². The van der Waals surface area contributed by atoms with Crippen LogP contribution in [0.3, 0.4) is 0 Å². The predicted molar refractivity (Wildman–Crippen MR) is 86.8 cm³/mol. The summed E-state index contributed by atoms with van der Waals surface area (Å²) in [6, 6.07) is 12.9. The number of hydrogen-bond donors (Lipinski definition) is 2. The van der Waals surface area contributed by atoms with Crippen molar-refractivity contribution in [3.63, 3.8) is 0 Å². The SMILES string of the molecule is CCCCC(=O)Nc1ccc(Nc2ccccc2C#N)cn1. The molecular weight excluding hydrogens is 276 g/mol. The van der Waals surface area contributed by atoms with Gasteiger partial charge in [0.15, 0.2) is 0 Å². The van der Waals surface area contributed by atoms with Gasteiger partial charge in [0.05, 0.1) is 23.1 Å². The third kappa shape index (κ3) is 4.32. The Morgan fingerprint density at radius 1 is 1.27 bits per heavy atom. The van der Waals surface area contributed by atoms with Gasteiger partial charge < -0.3 is 10.6 Å². The number of aromatic nitrogens is 1. The Labute approximate surface area is 130 Å².